The summed E-state index contributed by atoms with van der Waals surface area (Å²) < 4.78 is 6.26. The van der Waals surface area contributed by atoms with Crippen LogP contribution in [0.2, 0.25) is 0 Å². The number of aryl methyl sites for hydroxylation is 1. The molecule has 0 amide bonds. The Labute approximate surface area is 224 Å². The molecule has 3 aromatic rings. The molecule has 2 aromatic heterocycles. The van der Waals surface area contributed by atoms with E-state index in [4.69, 9.17) is 19.7 Å². The van der Waals surface area contributed by atoms with Gasteiger partial charge in [0.1, 0.15) is 24.0 Å². The molecule has 5 heterocycles. The van der Waals surface area contributed by atoms with Crippen molar-refractivity contribution >= 4 is 17.2 Å². The van der Waals surface area contributed by atoms with E-state index in [-0.39, 0.29) is 11.5 Å². The minimum Gasteiger partial charge on any atom is -0.491 e. The maximum absolute atomic E-state index is 6.26. The standard InChI is InChI=1S/C31H36N6O/c1-19-13-26-27(34-19)15-21(17-33-26)20-6-7-28-22(14-20)18-37(11-12-38-28)30-23-16-31(2,3)9-8-24(23)35-29(36-30)25-5-4-10-32-25/h6-7,14-15,17,25,32H,4-5,8-13,16,18H2,1-3H3/t25-/m0/s1. The molecule has 0 saturated carbocycles. The van der Waals surface area contributed by atoms with Crippen LogP contribution in [0.4, 0.5) is 11.5 Å². The van der Waals surface area contributed by atoms with Crippen molar-refractivity contribution in [3.63, 3.8) is 0 Å². The zero-order valence-electron chi connectivity index (χ0n) is 22.7. The summed E-state index contributed by atoms with van der Waals surface area (Å²) in [6, 6.07) is 8.94. The second-order valence-corrected chi connectivity index (χ2v) is 12.1. The first kappa shape index (κ1) is 23.8. The molecule has 0 bridgehead atoms. The summed E-state index contributed by atoms with van der Waals surface area (Å²) in [4.78, 5) is 22.2. The smallest absolute Gasteiger partial charge is 0.147 e. The third-order valence-electron chi connectivity index (χ3n) is 8.51. The number of aliphatic imine (C=N–C) groups is 1. The summed E-state index contributed by atoms with van der Waals surface area (Å²) >= 11 is 0. The number of rotatable bonds is 3. The van der Waals surface area contributed by atoms with Crippen LogP contribution in [-0.4, -0.2) is 40.4 Å². The fourth-order valence-corrected chi connectivity index (χ4v) is 6.38. The lowest BCUT2D eigenvalue weighted by Crippen LogP contribution is -2.32. The van der Waals surface area contributed by atoms with E-state index in [9.17, 15) is 0 Å². The van der Waals surface area contributed by atoms with Crippen molar-refractivity contribution in [2.24, 2.45) is 10.4 Å². The second-order valence-electron chi connectivity index (χ2n) is 12.1. The minimum atomic E-state index is 0.257. The monoisotopic (exact) mass is 508 g/mol. The summed E-state index contributed by atoms with van der Waals surface area (Å²) in [5.74, 6) is 3.03. The number of pyridine rings is 1. The summed E-state index contributed by atoms with van der Waals surface area (Å²) in [7, 11) is 0. The maximum atomic E-state index is 6.26. The van der Waals surface area contributed by atoms with Crippen LogP contribution >= 0.6 is 0 Å². The molecule has 0 radical (unpaired) electrons. The van der Waals surface area contributed by atoms with Crippen LogP contribution in [0, 0.1) is 5.41 Å². The molecule has 1 fully saturated rings. The van der Waals surface area contributed by atoms with E-state index in [1.54, 1.807) is 0 Å². The molecule has 1 aromatic carbocycles. The largest absolute Gasteiger partial charge is 0.491 e. The lowest BCUT2D eigenvalue weighted by atomic mass is 9.76. The van der Waals surface area contributed by atoms with Gasteiger partial charge >= 0.3 is 0 Å². The van der Waals surface area contributed by atoms with Gasteiger partial charge in [0, 0.05) is 47.3 Å². The van der Waals surface area contributed by atoms with Crippen molar-refractivity contribution < 1.29 is 4.74 Å². The molecular formula is C31H36N6O. The average Bonchev–Trinajstić information content (AvgIpc) is 3.51. The van der Waals surface area contributed by atoms with Gasteiger partial charge in [-0.25, -0.2) is 9.97 Å². The molecule has 196 valence electrons. The molecule has 38 heavy (non-hydrogen) atoms. The fourth-order valence-electron chi connectivity index (χ4n) is 6.38. The maximum Gasteiger partial charge on any atom is 0.147 e. The highest BCUT2D eigenvalue weighted by Gasteiger charge is 2.33. The summed E-state index contributed by atoms with van der Waals surface area (Å²) in [6.45, 7) is 10.1. The first-order valence-electron chi connectivity index (χ1n) is 14.1. The van der Waals surface area contributed by atoms with Crippen molar-refractivity contribution in [1.82, 2.24) is 20.3 Å². The number of hydrogen-bond acceptors (Lipinski definition) is 7. The van der Waals surface area contributed by atoms with E-state index in [1.807, 2.05) is 6.20 Å². The highest BCUT2D eigenvalue weighted by Crippen LogP contribution is 2.40. The first-order chi connectivity index (χ1) is 18.4. The van der Waals surface area contributed by atoms with Gasteiger partial charge < -0.3 is 15.0 Å². The SMILES string of the molecule is CC1=Nc2cc(-c3ccc4c(c3)CN(c3nc([C@@H]5CCCN5)nc5c3CC(C)(C)CC5)CCO4)cnc2C1. The predicted molar refractivity (Wildman–Crippen MR) is 151 cm³/mol. The number of nitrogens with one attached hydrogen (secondary N) is 1. The molecule has 7 rings (SSSR count). The molecular weight excluding hydrogens is 472 g/mol. The normalized spacial score (nSPS) is 21.7. The number of fused-ring (bicyclic) bond motifs is 3. The molecule has 4 aliphatic rings. The van der Waals surface area contributed by atoms with Crippen molar-refractivity contribution in [2.75, 3.05) is 24.6 Å². The third kappa shape index (κ3) is 4.37. The van der Waals surface area contributed by atoms with E-state index >= 15 is 0 Å². The van der Waals surface area contributed by atoms with Gasteiger partial charge in [-0.15, -0.1) is 0 Å². The van der Waals surface area contributed by atoms with E-state index in [0.717, 1.165) is 90.9 Å². The molecule has 0 spiro atoms. The zero-order chi connectivity index (χ0) is 25.9. The molecule has 7 heteroatoms. The van der Waals surface area contributed by atoms with Crippen LogP contribution in [0.25, 0.3) is 11.1 Å². The van der Waals surface area contributed by atoms with Gasteiger partial charge in [0.25, 0.3) is 0 Å². The molecule has 7 nitrogen and oxygen atoms in total. The highest BCUT2D eigenvalue weighted by molar-refractivity contribution is 5.92. The average molecular weight is 509 g/mol. The second kappa shape index (κ2) is 9.16. The number of benzene rings is 1. The highest BCUT2D eigenvalue weighted by atomic mass is 16.5. The number of anilines is 1. The summed E-state index contributed by atoms with van der Waals surface area (Å²) in [5, 5.41) is 3.62. The van der Waals surface area contributed by atoms with Gasteiger partial charge in [0.05, 0.1) is 24.0 Å². The molecule has 1 N–H and O–H groups in total. The van der Waals surface area contributed by atoms with Gasteiger partial charge in [-0.3, -0.25) is 9.98 Å². The molecule has 3 aliphatic heterocycles. The number of aromatic nitrogens is 3. The fraction of sp³-hybridized carbons (Fsp3) is 0.484. The number of hydrogen-bond donors (Lipinski definition) is 1. The van der Waals surface area contributed by atoms with Crippen molar-refractivity contribution in [2.45, 2.75) is 71.9 Å². The minimum absolute atomic E-state index is 0.257. The van der Waals surface area contributed by atoms with Crippen molar-refractivity contribution in [3.05, 3.63) is 58.8 Å². The Kier molecular flexibility index (Phi) is 5.73. The Morgan fingerprint density at radius 1 is 1.11 bits per heavy atom. The Morgan fingerprint density at radius 2 is 2.03 bits per heavy atom. The van der Waals surface area contributed by atoms with Crippen LogP contribution in [0.15, 0.2) is 35.5 Å². The molecule has 1 aliphatic carbocycles. The first-order valence-corrected chi connectivity index (χ1v) is 14.1. The lowest BCUT2D eigenvalue weighted by molar-refractivity contribution is 0.310. The molecule has 1 saturated heterocycles. The van der Waals surface area contributed by atoms with Gasteiger partial charge in [-0.05, 0) is 74.8 Å². The zero-order valence-corrected chi connectivity index (χ0v) is 22.7. The van der Waals surface area contributed by atoms with E-state index in [1.165, 1.54) is 29.7 Å². The summed E-state index contributed by atoms with van der Waals surface area (Å²) in [5.41, 5.74) is 9.45. The van der Waals surface area contributed by atoms with Gasteiger partial charge in [0.2, 0.25) is 0 Å². The Bertz CT molecular complexity index is 1440. The van der Waals surface area contributed by atoms with Crippen molar-refractivity contribution in [1.29, 1.82) is 0 Å². The van der Waals surface area contributed by atoms with E-state index in [2.05, 4.69) is 60.2 Å². The Balaban J connectivity index is 1.26. The molecule has 1 atom stereocenters. The lowest BCUT2D eigenvalue weighted by Gasteiger charge is -2.34. The Hall–Kier alpha value is -3.32. The van der Waals surface area contributed by atoms with Crippen LogP contribution in [0.5, 0.6) is 5.75 Å². The Morgan fingerprint density at radius 3 is 2.89 bits per heavy atom. The number of ether oxygens (including phenoxy) is 1. The van der Waals surface area contributed by atoms with Crippen LogP contribution < -0.4 is 15.0 Å². The van der Waals surface area contributed by atoms with E-state index < -0.39 is 0 Å². The van der Waals surface area contributed by atoms with E-state index in [0.29, 0.717) is 6.61 Å². The predicted octanol–water partition coefficient (Wildman–Crippen LogP) is 5.53. The van der Waals surface area contributed by atoms with Gasteiger partial charge in [-0.1, -0.05) is 19.9 Å². The molecule has 0 unspecified atom stereocenters. The summed E-state index contributed by atoms with van der Waals surface area (Å²) in [6.07, 6.45) is 8.33. The van der Waals surface area contributed by atoms with Crippen LogP contribution in [0.3, 0.4) is 0 Å². The number of nitrogens with zero attached hydrogens (tertiary/aromatic N) is 5. The van der Waals surface area contributed by atoms with Gasteiger partial charge in [0.15, 0.2) is 0 Å². The third-order valence-corrected chi connectivity index (χ3v) is 8.51. The van der Waals surface area contributed by atoms with Crippen molar-refractivity contribution in [3.8, 4) is 16.9 Å². The topological polar surface area (TPSA) is 75.5 Å². The van der Waals surface area contributed by atoms with Crippen LogP contribution in [0.1, 0.15) is 74.4 Å². The van der Waals surface area contributed by atoms with Crippen LogP contribution in [-0.2, 0) is 25.8 Å². The quantitative estimate of drug-likeness (QED) is 0.502. The van der Waals surface area contributed by atoms with Gasteiger partial charge in [-0.2, -0.15) is 0 Å².